The van der Waals surface area contributed by atoms with E-state index in [0.717, 1.165) is 5.39 Å². The second kappa shape index (κ2) is 4.53. The highest BCUT2D eigenvalue weighted by atomic mass is 16.1. The number of carbonyl (C=O) groups excluding carboxylic acids is 1. The predicted molar refractivity (Wildman–Crippen MR) is 62.1 cm³/mol. The molecule has 1 amide bonds. The van der Waals surface area contributed by atoms with Crippen molar-refractivity contribution in [1.82, 2.24) is 15.5 Å². The Bertz CT molecular complexity index is 531. The Balaban J connectivity index is 2.44. The van der Waals surface area contributed by atoms with Crippen LogP contribution >= 0.6 is 0 Å². The minimum absolute atomic E-state index is 0.161. The van der Waals surface area contributed by atoms with Crippen molar-refractivity contribution in [3.8, 4) is 0 Å². The lowest BCUT2D eigenvalue weighted by Crippen LogP contribution is -2.23. The molecule has 0 bridgehead atoms. The zero-order chi connectivity index (χ0) is 11.4. The van der Waals surface area contributed by atoms with Crippen molar-refractivity contribution in [2.75, 3.05) is 6.54 Å². The summed E-state index contributed by atoms with van der Waals surface area (Å²) in [7, 11) is 0. The summed E-state index contributed by atoms with van der Waals surface area (Å²) in [4.78, 5) is 11.8. The first-order chi connectivity index (χ1) is 7.83. The predicted octanol–water partition coefficient (Wildman–Crippen LogP) is 1.55. The fraction of sp³-hybridized carbons (Fsp3) is 0.0833. The Morgan fingerprint density at radius 2 is 2.25 bits per heavy atom. The monoisotopic (exact) mass is 213 g/mol. The summed E-state index contributed by atoms with van der Waals surface area (Å²) >= 11 is 0. The fourth-order valence-electron chi connectivity index (χ4n) is 1.45. The first-order valence-corrected chi connectivity index (χ1v) is 4.92. The van der Waals surface area contributed by atoms with E-state index in [4.69, 9.17) is 0 Å². The van der Waals surface area contributed by atoms with Crippen LogP contribution in [-0.2, 0) is 0 Å². The van der Waals surface area contributed by atoms with Gasteiger partial charge in [0.25, 0.3) is 5.91 Å². The van der Waals surface area contributed by atoms with Gasteiger partial charge in [-0.05, 0) is 6.07 Å². The number of carbonyl (C=O) groups is 1. The van der Waals surface area contributed by atoms with Gasteiger partial charge in [-0.1, -0.05) is 24.3 Å². The molecule has 2 rings (SSSR count). The fourth-order valence-corrected chi connectivity index (χ4v) is 1.45. The summed E-state index contributed by atoms with van der Waals surface area (Å²) in [6.45, 7) is 3.99. The molecular formula is C12H11N3O. The molecule has 0 saturated heterocycles. The highest BCUT2D eigenvalue weighted by Gasteiger charge is 2.09. The SMILES string of the molecule is C=CCNC(=O)c1cnnc2ccccc12. The highest BCUT2D eigenvalue weighted by Crippen LogP contribution is 2.14. The molecule has 0 radical (unpaired) electrons. The van der Waals surface area contributed by atoms with Crippen molar-refractivity contribution in [2.24, 2.45) is 0 Å². The molecule has 4 heteroatoms. The van der Waals surface area contributed by atoms with Crippen LogP contribution in [0.2, 0.25) is 0 Å². The van der Waals surface area contributed by atoms with Crippen LogP contribution in [0.1, 0.15) is 10.4 Å². The van der Waals surface area contributed by atoms with Crippen LogP contribution in [0.15, 0.2) is 43.1 Å². The van der Waals surface area contributed by atoms with E-state index in [0.29, 0.717) is 17.6 Å². The quantitative estimate of drug-likeness (QED) is 0.787. The number of hydrogen-bond donors (Lipinski definition) is 1. The molecule has 16 heavy (non-hydrogen) atoms. The van der Waals surface area contributed by atoms with E-state index in [9.17, 15) is 4.79 Å². The Kier molecular flexibility index (Phi) is 2.91. The van der Waals surface area contributed by atoms with Crippen LogP contribution in [0.3, 0.4) is 0 Å². The standard InChI is InChI=1S/C12H11N3O/c1-2-7-13-12(16)10-8-14-15-11-6-4-3-5-9(10)11/h2-6,8H,1,7H2,(H,13,16). The normalized spacial score (nSPS) is 10.0. The maximum absolute atomic E-state index is 11.8. The summed E-state index contributed by atoms with van der Waals surface area (Å²) in [5.41, 5.74) is 1.25. The van der Waals surface area contributed by atoms with Gasteiger partial charge in [0, 0.05) is 11.9 Å². The second-order valence-corrected chi connectivity index (χ2v) is 3.27. The van der Waals surface area contributed by atoms with E-state index in [-0.39, 0.29) is 5.91 Å². The van der Waals surface area contributed by atoms with E-state index in [1.54, 1.807) is 6.08 Å². The van der Waals surface area contributed by atoms with E-state index in [2.05, 4.69) is 22.1 Å². The van der Waals surface area contributed by atoms with E-state index in [1.807, 2.05) is 24.3 Å². The number of rotatable bonds is 3. The molecule has 2 aromatic rings. The first-order valence-electron chi connectivity index (χ1n) is 4.92. The summed E-state index contributed by atoms with van der Waals surface area (Å²) in [6, 6.07) is 7.41. The van der Waals surface area contributed by atoms with Gasteiger partial charge in [0.2, 0.25) is 0 Å². The first kappa shape index (κ1) is 10.3. The van der Waals surface area contributed by atoms with Gasteiger partial charge in [-0.2, -0.15) is 10.2 Å². The third-order valence-corrected chi connectivity index (χ3v) is 2.20. The maximum atomic E-state index is 11.8. The van der Waals surface area contributed by atoms with Crippen LogP contribution < -0.4 is 5.32 Å². The third kappa shape index (κ3) is 1.91. The van der Waals surface area contributed by atoms with Crippen molar-refractivity contribution < 1.29 is 4.79 Å². The van der Waals surface area contributed by atoms with Gasteiger partial charge in [0.05, 0.1) is 17.3 Å². The van der Waals surface area contributed by atoms with Gasteiger partial charge >= 0.3 is 0 Å². The van der Waals surface area contributed by atoms with Crippen LogP contribution in [-0.4, -0.2) is 22.6 Å². The molecule has 1 heterocycles. The van der Waals surface area contributed by atoms with Crippen molar-refractivity contribution >= 4 is 16.8 Å². The molecule has 80 valence electrons. The minimum atomic E-state index is -0.161. The molecule has 0 aliphatic rings. The lowest BCUT2D eigenvalue weighted by atomic mass is 10.1. The molecule has 0 atom stereocenters. The molecule has 0 unspecified atom stereocenters. The van der Waals surface area contributed by atoms with Gasteiger partial charge in [-0.15, -0.1) is 6.58 Å². The minimum Gasteiger partial charge on any atom is -0.349 e. The Hall–Kier alpha value is -2.23. The smallest absolute Gasteiger partial charge is 0.253 e. The van der Waals surface area contributed by atoms with Crippen LogP contribution in [0.4, 0.5) is 0 Å². The number of nitrogens with one attached hydrogen (secondary N) is 1. The molecule has 0 fully saturated rings. The molecule has 0 aliphatic heterocycles. The summed E-state index contributed by atoms with van der Waals surface area (Å²) in [5, 5.41) is 11.3. The molecule has 0 spiro atoms. The van der Waals surface area contributed by atoms with Gasteiger partial charge < -0.3 is 5.32 Å². The Morgan fingerprint density at radius 3 is 3.06 bits per heavy atom. The largest absolute Gasteiger partial charge is 0.349 e. The average molecular weight is 213 g/mol. The van der Waals surface area contributed by atoms with Crippen LogP contribution in [0.25, 0.3) is 10.9 Å². The molecule has 0 aliphatic carbocycles. The number of nitrogens with zero attached hydrogens (tertiary/aromatic N) is 2. The van der Waals surface area contributed by atoms with Crippen molar-refractivity contribution in [2.45, 2.75) is 0 Å². The third-order valence-electron chi connectivity index (χ3n) is 2.20. The molecule has 4 nitrogen and oxygen atoms in total. The Labute approximate surface area is 93.0 Å². The summed E-state index contributed by atoms with van der Waals surface area (Å²) in [5.74, 6) is -0.161. The number of fused-ring (bicyclic) bond motifs is 1. The number of benzene rings is 1. The van der Waals surface area contributed by atoms with Crippen molar-refractivity contribution in [1.29, 1.82) is 0 Å². The van der Waals surface area contributed by atoms with Crippen LogP contribution in [0.5, 0.6) is 0 Å². The van der Waals surface area contributed by atoms with Gasteiger partial charge in [-0.3, -0.25) is 4.79 Å². The van der Waals surface area contributed by atoms with E-state index >= 15 is 0 Å². The number of aromatic nitrogens is 2. The summed E-state index contributed by atoms with van der Waals surface area (Å²) < 4.78 is 0. The summed E-state index contributed by atoms with van der Waals surface area (Å²) in [6.07, 6.45) is 3.11. The van der Waals surface area contributed by atoms with Gasteiger partial charge in [0.15, 0.2) is 0 Å². The lowest BCUT2D eigenvalue weighted by Gasteiger charge is -2.04. The number of amides is 1. The molecular weight excluding hydrogens is 202 g/mol. The number of hydrogen-bond acceptors (Lipinski definition) is 3. The van der Waals surface area contributed by atoms with Crippen LogP contribution in [0, 0.1) is 0 Å². The molecule has 0 saturated carbocycles. The van der Waals surface area contributed by atoms with E-state index < -0.39 is 0 Å². The van der Waals surface area contributed by atoms with E-state index in [1.165, 1.54) is 6.20 Å². The van der Waals surface area contributed by atoms with Gasteiger partial charge in [-0.25, -0.2) is 0 Å². The van der Waals surface area contributed by atoms with Crippen molar-refractivity contribution in [3.05, 3.63) is 48.7 Å². The zero-order valence-corrected chi connectivity index (χ0v) is 8.68. The molecule has 1 aromatic carbocycles. The average Bonchev–Trinajstić information content (AvgIpc) is 2.35. The molecule has 1 aromatic heterocycles. The van der Waals surface area contributed by atoms with Crippen molar-refractivity contribution in [3.63, 3.8) is 0 Å². The zero-order valence-electron chi connectivity index (χ0n) is 8.68. The Morgan fingerprint density at radius 1 is 1.44 bits per heavy atom. The highest BCUT2D eigenvalue weighted by molar-refractivity contribution is 6.05. The second-order valence-electron chi connectivity index (χ2n) is 3.27. The topological polar surface area (TPSA) is 54.9 Å². The molecule has 1 N–H and O–H groups in total. The lowest BCUT2D eigenvalue weighted by molar-refractivity contribution is 0.0959. The maximum Gasteiger partial charge on any atom is 0.253 e. The van der Waals surface area contributed by atoms with Gasteiger partial charge in [0.1, 0.15) is 0 Å².